The summed E-state index contributed by atoms with van der Waals surface area (Å²) < 4.78 is 10.6. The van der Waals surface area contributed by atoms with E-state index in [0.29, 0.717) is 6.04 Å². The molecule has 1 rings (SSSR count). The number of methoxy groups -OCH3 is 2. The topological polar surface area (TPSA) is 47.7 Å². The van der Waals surface area contributed by atoms with Crippen LogP contribution in [0.25, 0.3) is 0 Å². The maximum Gasteiger partial charge on any atom is 0.161 e. The molecule has 2 unspecified atom stereocenters. The van der Waals surface area contributed by atoms with Crippen LogP contribution in [0.15, 0.2) is 18.2 Å². The molecule has 0 aromatic heterocycles. The lowest BCUT2D eigenvalue weighted by Crippen LogP contribution is -2.42. The Kier molecular flexibility index (Phi) is 6.05. The van der Waals surface area contributed by atoms with E-state index in [2.05, 4.69) is 39.6 Å². The van der Waals surface area contributed by atoms with Crippen molar-refractivity contribution in [3.05, 3.63) is 23.8 Å². The third kappa shape index (κ3) is 4.61. The molecule has 0 heterocycles. The number of hydrogen-bond acceptors (Lipinski definition) is 4. The average Bonchev–Trinajstić information content (AvgIpc) is 2.44. The van der Waals surface area contributed by atoms with Gasteiger partial charge in [-0.15, -0.1) is 0 Å². The van der Waals surface area contributed by atoms with Crippen molar-refractivity contribution in [3.8, 4) is 11.5 Å². The Morgan fingerprint density at radius 2 is 1.71 bits per heavy atom. The first-order chi connectivity index (χ1) is 9.70. The normalized spacial score (nSPS) is 14.9. The molecule has 1 aromatic rings. The Bertz CT molecular complexity index is 455. The molecular formula is C17H30N2O2. The first-order valence-corrected chi connectivity index (χ1v) is 7.38. The number of hydrogen-bond donors (Lipinski definition) is 1. The van der Waals surface area contributed by atoms with Crippen molar-refractivity contribution in [1.82, 2.24) is 4.90 Å². The lowest BCUT2D eigenvalue weighted by atomic mass is 9.87. The summed E-state index contributed by atoms with van der Waals surface area (Å²) in [6.07, 6.45) is 0. The van der Waals surface area contributed by atoms with Crippen molar-refractivity contribution >= 4 is 0 Å². The summed E-state index contributed by atoms with van der Waals surface area (Å²) in [5.41, 5.74) is 7.64. The quantitative estimate of drug-likeness (QED) is 0.876. The Labute approximate surface area is 129 Å². The maximum atomic E-state index is 6.35. The van der Waals surface area contributed by atoms with Gasteiger partial charge in [-0.05, 0) is 37.1 Å². The number of likely N-dealkylation sites (N-methyl/N-ethyl adjacent to an activating group) is 1. The van der Waals surface area contributed by atoms with E-state index >= 15 is 0 Å². The minimum atomic E-state index is -0.0559. The van der Waals surface area contributed by atoms with E-state index in [1.165, 1.54) is 0 Å². The van der Waals surface area contributed by atoms with Crippen LogP contribution in [-0.4, -0.2) is 38.8 Å². The number of rotatable bonds is 6. The molecule has 1 aromatic carbocycles. The maximum absolute atomic E-state index is 6.35. The van der Waals surface area contributed by atoms with Crippen LogP contribution in [0.3, 0.4) is 0 Å². The zero-order valence-corrected chi connectivity index (χ0v) is 14.4. The van der Waals surface area contributed by atoms with Gasteiger partial charge in [-0.25, -0.2) is 0 Å². The highest BCUT2D eigenvalue weighted by atomic mass is 16.5. The number of nitrogens with zero attached hydrogens (tertiary/aromatic N) is 1. The minimum Gasteiger partial charge on any atom is -0.493 e. The minimum absolute atomic E-state index is 0.0559. The number of ether oxygens (including phenoxy) is 2. The smallest absolute Gasteiger partial charge is 0.161 e. The van der Waals surface area contributed by atoms with Gasteiger partial charge in [-0.1, -0.05) is 26.8 Å². The standard InChI is InChI=1S/C17H30N2O2/c1-12(17(2,3)4)19(5)11-14(18)13-8-9-15(20-6)16(10-13)21-7/h8-10,12,14H,11,18H2,1-7H3. The van der Waals surface area contributed by atoms with E-state index in [-0.39, 0.29) is 11.5 Å². The molecule has 0 spiro atoms. The van der Waals surface area contributed by atoms with Gasteiger partial charge in [0.2, 0.25) is 0 Å². The molecule has 120 valence electrons. The summed E-state index contributed by atoms with van der Waals surface area (Å²) >= 11 is 0. The van der Waals surface area contributed by atoms with Crippen molar-refractivity contribution in [2.75, 3.05) is 27.8 Å². The largest absolute Gasteiger partial charge is 0.493 e. The molecule has 0 saturated heterocycles. The van der Waals surface area contributed by atoms with Crippen LogP contribution in [0.2, 0.25) is 0 Å². The Morgan fingerprint density at radius 3 is 2.19 bits per heavy atom. The molecule has 0 aliphatic heterocycles. The third-order valence-corrected chi connectivity index (χ3v) is 4.23. The second kappa shape index (κ2) is 7.14. The monoisotopic (exact) mass is 294 g/mol. The summed E-state index contributed by atoms with van der Waals surface area (Å²) in [5, 5.41) is 0. The highest BCUT2D eigenvalue weighted by Gasteiger charge is 2.25. The van der Waals surface area contributed by atoms with Gasteiger partial charge in [-0.3, -0.25) is 0 Å². The van der Waals surface area contributed by atoms with E-state index in [0.717, 1.165) is 23.6 Å². The second-order valence-corrected chi connectivity index (χ2v) is 6.70. The Hall–Kier alpha value is -1.26. The highest BCUT2D eigenvalue weighted by molar-refractivity contribution is 5.43. The Balaban J connectivity index is 2.82. The summed E-state index contributed by atoms with van der Waals surface area (Å²) in [5.74, 6) is 1.45. The Morgan fingerprint density at radius 1 is 1.14 bits per heavy atom. The molecule has 2 atom stereocenters. The van der Waals surface area contributed by atoms with Gasteiger partial charge < -0.3 is 20.1 Å². The summed E-state index contributed by atoms with van der Waals surface area (Å²) in [7, 11) is 5.40. The van der Waals surface area contributed by atoms with Gasteiger partial charge in [0.05, 0.1) is 14.2 Å². The van der Waals surface area contributed by atoms with E-state index in [4.69, 9.17) is 15.2 Å². The molecule has 0 bridgehead atoms. The van der Waals surface area contributed by atoms with Crippen molar-refractivity contribution in [2.24, 2.45) is 11.1 Å². The molecule has 0 fully saturated rings. The predicted molar refractivity (Wildman–Crippen MR) is 88.0 cm³/mol. The van der Waals surface area contributed by atoms with Crippen molar-refractivity contribution in [1.29, 1.82) is 0 Å². The number of nitrogens with two attached hydrogens (primary N) is 1. The lowest BCUT2D eigenvalue weighted by Gasteiger charge is -2.36. The summed E-state index contributed by atoms with van der Waals surface area (Å²) in [6, 6.07) is 6.25. The molecule has 0 aliphatic carbocycles. The van der Waals surface area contributed by atoms with E-state index in [1.54, 1.807) is 14.2 Å². The molecule has 4 nitrogen and oxygen atoms in total. The number of benzene rings is 1. The molecule has 0 saturated carbocycles. The molecule has 21 heavy (non-hydrogen) atoms. The van der Waals surface area contributed by atoms with Gasteiger partial charge in [0.25, 0.3) is 0 Å². The van der Waals surface area contributed by atoms with Crippen molar-refractivity contribution in [2.45, 2.75) is 39.8 Å². The predicted octanol–water partition coefficient (Wildman–Crippen LogP) is 3.07. The van der Waals surface area contributed by atoms with Crippen LogP contribution in [0.4, 0.5) is 0 Å². The van der Waals surface area contributed by atoms with E-state index in [9.17, 15) is 0 Å². The average molecular weight is 294 g/mol. The van der Waals surface area contributed by atoms with Gasteiger partial charge in [0, 0.05) is 18.6 Å². The fourth-order valence-electron chi connectivity index (χ4n) is 2.32. The first kappa shape index (κ1) is 17.8. The van der Waals surface area contributed by atoms with E-state index in [1.807, 2.05) is 18.2 Å². The van der Waals surface area contributed by atoms with Crippen LogP contribution in [-0.2, 0) is 0 Å². The van der Waals surface area contributed by atoms with Crippen LogP contribution >= 0.6 is 0 Å². The summed E-state index contributed by atoms with van der Waals surface area (Å²) in [4.78, 5) is 2.31. The van der Waals surface area contributed by atoms with Crippen LogP contribution in [0.5, 0.6) is 11.5 Å². The summed E-state index contributed by atoms with van der Waals surface area (Å²) in [6.45, 7) is 9.78. The molecule has 0 aliphatic rings. The van der Waals surface area contributed by atoms with Gasteiger partial charge >= 0.3 is 0 Å². The van der Waals surface area contributed by atoms with E-state index < -0.39 is 0 Å². The van der Waals surface area contributed by atoms with Gasteiger partial charge in [0.15, 0.2) is 11.5 Å². The fraction of sp³-hybridized carbons (Fsp3) is 0.647. The van der Waals surface area contributed by atoms with Crippen LogP contribution < -0.4 is 15.2 Å². The second-order valence-electron chi connectivity index (χ2n) is 6.70. The SMILES string of the molecule is COc1ccc(C(N)CN(C)C(C)C(C)(C)C)cc1OC. The molecular weight excluding hydrogens is 264 g/mol. The molecule has 0 radical (unpaired) electrons. The van der Waals surface area contributed by atoms with Crippen LogP contribution in [0, 0.1) is 5.41 Å². The van der Waals surface area contributed by atoms with Gasteiger partial charge in [0.1, 0.15) is 0 Å². The van der Waals surface area contributed by atoms with Crippen molar-refractivity contribution < 1.29 is 9.47 Å². The van der Waals surface area contributed by atoms with Gasteiger partial charge in [-0.2, -0.15) is 0 Å². The molecule has 2 N–H and O–H groups in total. The van der Waals surface area contributed by atoms with Crippen LogP contribution in [0.1, 0.15) is 39.3 Å². The zero-order chi connectivity index (χ0) is 16.2. The fourth-order valence-corrected chi connectivity index (χ4v) is 2.32. The molecule has 0 amide bonds. The zero-order valence-electron chi connectivity index (χ0n) is 14.4. The lowest BCUT2D eigenvalue weighted by molar-refractivity contribution is 0.134. The molecule has 4 heteroatoms. The highest BCUT2D eigenvalue weighted by Crippen LogP contribution is 2.30. The third-order valence-electron chi connectivity index (χ3n) is 4.23. The van der Waals surface area contributed by atoms with Crippen molar-refractivity contribution in [3.63, 3.8) is 0 Å². The first-order valence-electron chi connectivity index (χ1n) is 7.38.